The summed E-state index contributed by atoms with van der Waals surface area (Å²) in [6.07, 6.45) is 0.223. The highest BCUT2D eigenvalue weighted by Crippen LogP contribution is 2.21. The first-order chi connectivity index (χ1) is 9.35. The van der Waals surface area contributed by atoms with Gasteiger partial charge in [-0.3, -0.25) is 4.79 Å². The van der Waals surface area contributed by atoms with E-state index < -0.39 is 6.10 Å². The molecule has 0 radical (unpaired) electrons. The molecule has 0 saturated heterocycles. The first-order valence-corrected chi connectivity index (χ1v) is 7.39. The Labute approximate surface area is 122 Å². The van der Waals surface area contributed by atoms with Crippen molar-refractivity contribution in [3.8, 4) is 5.75 Å². The molecule has 1 amide bonds. The maximum Gasteiger partial charge on any atom is 0.261 e. The van der Waals surface area contributed by atoms with Gasteiger partial charge in [0, 0.05) is 6.04 Å². The Morgan fingerprint density at radius 1 is 1.25 bits per heavy atom. The van der Waals surface area contributed by atoms with Crippen LogP contribution in [0.3, 0.4) is 0 Å². The van der Waals surface area contributed by atoms with Crippen molar-refractivity contribution in [3.05, 3.63) is 29.3 Å². The lowest BCUT2D eigenvalue weighted by Crippen LogP contribution is -2.44. The molecule has 1 rings (SSSR count). The van der Waals surface area contributed by atoms with Gasteiger partial charge in [-0.15, -0.1) is 0 Å². The van der Waals surface area contributed by atoms with Crippen LogP contribution in [0.5, 0.6) is 5.75 Å². The summed E-state index contributed by atoms with van der Waals surface area (Å²) in [6, 6.07) is 6.20. The Morgan fingerprint density at radius 3 is 2.45 bits per heavy atom. The van der Waals surface area contributed by atoms with Crippen LogP contribution in [-0.2, 0) is 4.79 Å². The van der Waals surface area contributed by atoms with Crippen molar-refractivity contribution < 1.29 is 9.53 Å². The van der Waals surface area contributed by atoms with Crippen LogP contribution in [0.2, 0.25) is 0 Å². The second-order valence-corrected chi connectivity index (χ2v) is 5.82. The van der Waals surface area contributed by atoms with Crippen LogP contribution in [0.1, 0.15) is 45.2 Å². The SMILES string of the molecule is CC[C@H](Oc1cc(C)ccc1C)C(=O)N[C@H](C)C(C)C. The van der Waals surface area contributed by atoms with Gasteiger partial charge in [-0.2, -0.15) is 0 Å². The molecule has 1 aromatic rings. The minimum Gasteiger partial charge on any atom is -0.480 e. The molecule has 0 aromatic heterocycles. The van der Waals surface area contributed by atoms with Crippen LogP contribution in [0.15, 0.2) is 18.2 Å². The standard InChI is InChI=1S/C17H27NO2/c1-7-15(17(19)18-14(6)11(2)3)20-16-10-12(4)8-9-13(16)5/h8-11,14-15H,7H2,1-6H3,(H,18,19)/t14-,15+/m1/s1. The minimum absolute atomic E-state index is 0.0328. The van der Waals surface area contributed by atoms with Gasteiger partial charge in [-0.05, 0) is 50.3 Å². The van der Waals surface area contributed by atoms with Crippen molar-refractivity contribution in [2.75, 3.05) is 0 Å². The van der Waals surface area contributed by atoms with E-state index in [0.717, 1.165) is 16.9 Å². The Balaban J connectivity index is 2.76. The van der Waals surface area contributed by atoms with E-state index in [1.807, 2.05) is 45.9 Å². The largest absolute Gasteiger partial charge is 0.480 e. The molecule has 0 fully saturated rings. The van der Waals surface area contributed by atoms with E-state index in [1.54, 1.807) is 0 Å². The zero-order chi connectivity index (χ0) is 15.3. The molecule has 0 aliphatic rings. The quantitative estimate of drug-likeness (QED) is 0.862. The summed E-state index contributed by atoms with van der Waals surface area (Å²) in [5, 5.41) is 3.02. The molecule has 0 aliphatic heterocycles. The van der Waals surface area contributed by atoms with Gasteiger partial charge < -0.3 is 10.1 Å². The number of hydrogen-bond acceptors (Lipinski definition) is 2. The van der Waals surface area contributed by atoms with Gasteiger partial charge in [0.2, 0.25) is 0 Å². The lowest BCUT2D eigenvalue weighted by Gasteiger charge is -2.23. The molecule has 0 aliphatic carbocycles. The number of nitrogens with one attached hydrogen (secondary N) is 1. The lowest BCUT2D eigenvalue weighted by molar-refractivity contribution is -0.129. The summed E-state index contributed by atoms with van der Waals surface area (Å²) in [7, 11) is 0. The maximum atomic E-state index is 12.3. The second-order valence-electron chi connectivity index (χ2n) is 5.82. The Morgan fingerprint density at radius 2 is 1.90 bits per heavy atom. The molecule has 112 valence electrons. The number of aryl methyl sites for hydroxylation is 2. The van der Waals surface area contributed by atoms with Crippen molar-refractivity contribution in [1.29, 1.82) is 0 Å². The molecule has 2 atom stereocenters. The molecule has 0 unspecified atom stereocenters. The van der Waals surface area contributed by atoms with Crippen LogP contribution < -0.4 is 10.1 Å². The molecular weight excluding hydrogens is 250 g/mol. The molecule has 3 nitrogen and oxygen atoms in total. The third-order valence-corrected chi connectivity index (χ3v) is 3.65. The molecule has 20 heavy (non-hydrogen) atoms. The normalized spacial score (nSPS) is 13.9. The fourth-order valence-electron chi connectivity index (χ4n) is 1.79. The van der Waals surface area contributed by atoms with Gasteiger partial charge in [-0.1, -0.05) is 32.9 Å². The van der Waals surface area contributed by atoms with E-state index in [-0.39, 0.29) is 11.9 Å². The number of ether oxygens (including phenoxy) is 1. The number of carbonyl (C=O) groups excluding carboxylic acids is 1. The molecule has 3 heteroatoms. The molecule has 1 N–H and O–H groups in total. The lowest BCUT2D eigenvalue weighted by atomic mass is 10.1. The summed E-state index contributed by atoms with van der Waals surface area (Å²) in [5.41, 5.74) is 2.19. The number of rotatable bonds is 6. The summed E-state index contributed by atoms with van der Waals surface area (Å²) in [5.74, 6) is 1.18. The van der Waals surface area contributed by atoms with Crippen molar-refractivity contribution in [1.82, 2.24) is 5.32 Å². The van der Waals surface area contributed by atoms with Gasteiger partial charge in [0.25, 0.3) is 5.91 Å². The molecule has 0 saturated carbocycles. The highest BCUT2D eigenvalue weighted by molar-refractivity contribution is 5.81. The maximum absolute atomic E-state index is 12.3. The predicted molar refractivity (Wildman–Crippen MR) is 83.1 cm³/mol. The van der Waals surface area contributed by atoms with E-state index in [1.165, 1.54) is 0 Å². The van der Waals surface area contributed by atoms with Gasteiger partial charge in [-0.25, -0.2) is 0 Å². The Kier molecular flexibility index (Phi) is 6.05. The van der Waals surface area contributed by atoms with Crippen molar-refractivity contribution >= 4 is 5.91 Å². The highest BCUT2D eigenvalue weighted by Gasteiger charge is 2.21. The summed E-state index contributed by atoms with van der Waals surface area (Å²) >= 11 is 0. The van der Waals surface area contributed by atoms with Gasteiger partial charge >= 0.3 is 0 Å². The van der Waals surface area contributed by atoms with Crippen molar-refractivity contribution in [2.24, 2.45) is 5.92 Å². The summed E-state index contributed by atoms with van der Waals surface area (Å²) < 4.78 is 5.91. The first-order valence-electron chi connectivity index (χ1n) is 7.39. The zero-order valence-corrected chi connectivity index (χ0v) is 13.5. The van der Waals surface area contributed by atoms with Crippen LogP contribution >= 0.6 is 0 Å². The smallest absolute Gasteiger partial charge is 0.261 e. The predicted octanol–water partition coefficient (Wildman–Crippen LogP) is 3.62. The molecule has 0 bridgehead atoms. The minimum atomic E-state index is -0.434. The van der Waals surface area contributed by atoms with Gasteiger partial charge in [0.05, 0.1) is 0 Å². The fourth-order valence-corrected chi connectivity index (χ4v) is 1.79. The molecule has 1 aromatic carbocycles. The van der Waals surface area contributed by atoms with Crippen molar-refractivity contribution in [3.63, 3.8) is 0 Å². The topological polar surface area (TPSA) is 38.3 Å². The van der Waals surface area contributed by atoms with Gasteiger partial charge in [0.1, 0.15) is 5.75 Å². The first kappa shape index (κ1) is 16.5. The van der Waals surface area contributed by atoms with Gasteiger partial charge in [0.15, 0.2) is 6.10 Å². The second kappa shape index (κ2) is 7.32. The van der Waals surface area contributed by atoms with Crippen molar-refractivity contribution in [2.45, 2.75) is 60.1 Å². The average Bonchev–Trinajstić information content (AvgIpc) is 2.39. The third kappa shape index (κ3) is 4.55. The fraction of sp³-hybridized carbons (Fsp3) is 0.588. The average molecular weight is 277 g/mol. The zero-order valence-electron chi connectivity index (χ0n) is 13.5. The number of amides is 1. The Hall–Kier alpha value is -1.51. The monoisotopic (exact) mass is 277 g/mol. The van der Waals surface area contributed by atoms with Crippen LogP contribution in [0, 0.1) is 19.8 Å². The number of benzene rings is 1. The number of hydrogen-bond donors (Lipinski definition) is 1. The van der Waals surface area contributed by atoms with E-state index >= 15 is 0 Å². The Bertz CT molecular complexity index is 454. The van der Waals surface area contributed by atoms with E-state index in [2.05, 4.69) is 19.2 Å². The highest BCUT2D eigenvalue weighted by atomic mass is 16.5. The molecular formula is C17H27NO2. The van der Waals surface area contributed by atoms with E-state index in [4.69, 9.17) is 4.74 Å². The van der Waals surface area contributed by atoms with E-state index in [0.29, 0.717) is 12.3 Å². The van der Waals surface area contributed by atoms with Crippen LogP contribution in [-0.4, -0.2) is 18.1 Å². The van der Waals surface area contributed by atoms with Crippen LogP contribution in [0.25, 0.3) is 0 Å². The summed E-state index contributed by atoms with van der Waals surface area (Å²) in [4.78, 5) is 12.3. The third-order valence-electron chi connectivity index (χ3n) is 3.65. The number of carbonyl (C=O) groups is 1. The van der Waals surface area contributed by atoms with E-state index in [9.17, 15) is 4.79 Å². The molecule has 0 spiro atoms. The van der Waals surface area contributed by atoms with Crippen LogP contribution in [0.4, 0.5) is 0 Å². The molecule has 0 heterocycles. The summed E-state index contributed by atoms with van der Waals surface area (Å²) in [6.45, 7) is 12.2.